The number of benzene rings is 2. The number of nitrogens with zero attached hydrogens (tertiary/aromatic N) is 1. The van der Waals surface area contributed by atoms with E-state index in [2.05, 4.69) is 15.8 Å². The first kappa shape index (κ1) is 16.0. The van der Waals surface area contributed by atoms with Crippen LogP contribution in [-0.4, -0.2) is 17.9 Å². The standard InChI is InChI=1S/C17H19N3OS/c1-3-21-16-10-5-4-8-14(16)12-18-20-17(22)19-15-9-6-7-13(2)11-15/h4-12H,3H2,1-2H3,(H2,19,20,22). The highest BCUT2D eigenvalue weighted by Crippen LogP contribution is 2.15. The molecule has 5 heteroatoms. The van der Waals surface area contributed by atoms with Gasteiger partial charge in [-0.15, -0.1) is 0 Å². The van der Waals surface area contributed by atoms with E-state index in [1.807, 2.05) is 62.4 Å². The minimum absolute atomic E-state index is 0.441. The van der Waals surface area contributed by atoms with Gasteiger partial charge in [-0.3, -0.25) is 5.43 Å². The van der Waals surface area contributed by atoms with E-state index in [1.54, 1.807) is 6.21 Å². The summed E-state index contributed by atoms with van der Waals surface area (Å²) in [6.45, 7) is 4.60. The molecule has 2 aromatic carbocycles. The number of hydrazone groups is 1. The van der Waals surface area contributed by atoms with Gasteiger partial charge in [-0.1, -0.05) is 24.3 Å². The molecule has 2 aromatic rings. The van der Waals surface area contributed by atoms with Crippen LogP contribution in [0.3, 0.4) is 0 Å². The predicted octanol–water partition coefficient (Wildman–Crippen LogP) is 3.71. The summed E-state index contributed by atoms with van der Waals surface area (Å²) in [6, 6.07) is 15.7. The summed E-state index contributed by atoms with van der Waals surface area (Å²) in [5.41, 5.74) is 5.80. The van der Waals surface area contributed by atoms with Crippen LogP contribution < -0.4 is 15.5 Å². The lowest BCUT2D eigenvalue weighted by Crippen LogP contribution is -2.23. The van der Waals surface area contributed by atoms with Gasteiger partial charge < -0.3 is 10.1 Å². The van der Waals surface area contributed by atoms with Crippen molar-refractivity contribution in [1.82, 2.24) is 5.43 Å². The number of aryl methyl sites for hydroxylation is 1. The van der Waals surface area contributed by atoms with Gasteiger partial charge in [0, 0.05) is 11.3 Å². The van der Waals surface area contributed by atoms with Crippen LogP contribution in [0.5, 0.6) is 5.75 Å². The summed E-state index contributed by atoms with van der Waals surface area (Å²) < 4.78 is 5.54. The maximum absolute atomic E-state index is 5.54. The van der Waals surface area contributed by atoms with Crippen molar-refractivity contribution in [2.45, 2.75) is 13.8 Å². The Kier molecular flexibility index (Phi) is 5.91. The van der Waals surface area contributed by atoms with Gasteiger partial charge in [-0.2, -0.15) is 5.10 Å². The maximum Gasteiger partial charge on any atom is 0.191 e. The Bertz CT molecular complexity index is 670. The van der Waals surface area contributed by atoms with Crippen LogP contribution in [0.4, 0.5) is 5.69 Å². The van der Waals surface area contributed by atoms with Crippen molar-refractivity contribution in [3.05, 3.63) is 59.7 Å². The number of ether oxygens (including phenoxy) is 1. The number of rotatable bonds is 5. The first-order chi connectivity index (χ1) is 10.7. The molecule has 0 spiro atoms. The Morgan fingerprint density at radius 1 is 1.23 bits per heavy atom. The van der Waals surface area contributed by atoms with Crippen LogP contribution in [0.2, 0.25) is 0 Å². The molecule has 0 radical (unpaired) electrons. The molecule has 0 unspecified atom stereocenters. The summed E-state index contributed by atoms with van der Waals surface area (Å²) in [5, 5.41) is 7.67. The lowest BCUT2D eigenvalue weighted by molar-refractivity contribution is 0.340. The molecule has 114 valence electrons. The third-order valence-corrected chi connectivity index (χ3v) is 3.06. The van der Waals surface area contributed by atoms with Crippen molar-refractivity contribution in [2.24, 2.45) is 5.10 Å². The highest BCUT2D eigenvalue weighted by Gasteiger charge is 1.99. The molecule has 0 saturated heterocycles. The van der Waals surface area contributed by atoms with E-state index in [0.717, 1.165) is 17.0 Å². The molecule has 22 heavy (non-hydrogen) atoms. The molecule has 2 rings (SSSR count). The number of hydrogen-bond acceptors (Lipinski definition) is 3. The number of para-hydroxylation sites is 1. The number of thiocarbonyl (C=S) groups is 1. The molecule has 0 aliphatic rings. The van der Waals surface area contributed by atoms with Gasteiger partial charge in [0.15, 0.2) is 5.11 Å². The lowest BCUT2D eigenvalue weighted by atomic mass is 10.2. The number of anilines is 1. The average molecular weight is 313 g/mol. The predicted molar refractivity (Wildman–Crippen MR) is 95.7 cm³/mol. The van der Waals surface area contributed by atoms with E-state index in [4.69, 9.17) is 17.0 Å². The first-order valence-corrected chi connectivity index (χ1v) is 7.48. The summed E-state index contributed by atoms with van der Waals surface area (Å²) >= 11 is 5.21. The molecule has 0 aliphatic heterocycles. The Morgan fingerprint density at radius 3 is 2.82 bits per heavy atom. The van der Waals surface area contributed by atoms with E-state index >= 15 is 0 Å². The van der Waals surface area contributed by atoms with Gasteiger partial charge in [-0.05, 0) is 55.9 Å². The zero-order chi connectivity index (χ0) is 15.8. The molecule has 0 aromatic heterocycles. The molecule has 0 bridgehead atoms. The minimum Gasteiger partial charge on any atom is -0.493 e. The molecule has 2 N–H and O–H groups in total. The van der Waals surface area contributed by atoms with E-state index < -0.39 is 0 Å². The largest absolute Gasteiger partial charge is 0.493 e. The lowest BCUT2D eigenvalue weighted by Gasteiger charge is -2.08. The fourth-order valence-electron chi connectivity index (χ4n) is 1.92. The maximum atomic E-state index is 5.54. The van der Waals surface area contributed by atoms with E-state index in [9.17, 15) is 0 Å². The zero-order valence-electron chi connectivity index (χ0n) is 12.7. The quantitative estimate of drug-likeness (QED) is 0.502. The summed E-state index contributed by atoms with van der Waals surface area (Å²) in [6.07, 6.45) is 1.69. The SMILES string of the molecule is CCOc1ccccc1C=NNC(=S)Nc1cccc(C)c1. The third-order valence-electron chi connectivity index (χ3n) is 2.86. The minimum atomic E-state index is 0.441. The Hall–Kier alpha value is -2.40. The molecule has 4 nitrogen and oxygen atoms in total. The van der Waals surface area contributed by atoms with E-state index in [-0.39, 0.29) is 0 Å². The second-order valence-electron chi connectivity index (χ2n) is 4.66. The third kappa shape index (κ3) is 4.86. The molecule has 0 atom stereocenters. The van der Waals surface area contributed by atoms with Gasteiger partial charge in [-0.25, -0.2) is 0 Å². The highest BCUT2D eigenvalue weighted by molar-refractivity contribution is 7.80. The van der Waals surface area contributed by atoms with Crippen molar-refractivity contribution in [3.8, 4) is 5.75 Å². The smallest absolute Gasteiger partial charge is 0.191 e. The summed E-state index contributed by atoms with van der Waals surface area (Å²) in [7, 11) is 0. The van der Waals surface area contributed by atoms with Crippen molar-refractivity contribution in [1.29, 1.82) is 0 Å². The highest BCUT2D eigenvalue weighted by atomic mass is 32.1. The monoisotopic (exact) mass is 313 g/mol. The van der Waals surface area contributed by atoms with Gasteiger partial charge in [0.05, 0.1) is 12.8 Å². The fraction of sp³-hybridized carbons (Fsp3) is 0.176. The zero-order valence-corrected chi connectivity index (χ0v) is 13.5. The van der Waals surface area contributed by atoms with E-state index in [0.29, 0.717) is 11.7 Å². The summed E-state index contributed by atoms with van der Waals surface area (Å²) in [4.78, 5) is 0. The topological polar surface area (TPSA) is 45.6 Å². The normalized spacial score (nSPS) is 10.5. The molecular formula is C17H19N3OS. The molecule has 0 fully saturated rings. The number of hydrogen-bond donors (Lipinski definition) is 2. The van der Waals surface area contributed by atoms with Crippen LogP contribution in [0.25, 0.3) is 0 Å². The van der Waals surface area contributed by atoms with Crippen molar-refractivity contribution in [3.63, 3.8) is 0 Å². The van der Waals surface area contributed by atoms with Crippen LogP contribution in [-0.2, 0) is 0 Å². The van der Waals surface area contributed by atoms with Crippen LogP contribution in [0, 0.1) is 6.92 Å². The van der Waals surface area contributed by atoms with Gasteiger partial charge >= 0.3 is 0 Å². The average Bonchev–Trinajstić information content (AvgIpc) is 2.49. The Balaban J connectivity index is 1.93. The van der Waals surface area contributed by atoms with Gasteiger partial charge in [0.2, 0.25) is 0 Å². The van der Waals surface area contributed by atoms with Crippen molar-refractivity contribution in [2.75, 3.05) is 11.9 Å². The first-order valence-electron chi connectivity index (χ1n) is 7.07. The van der Waals surface area contributed by atoms with Crippen LogP contribution in [0.1, 0.15) is 18.1 Å². The molecule has 0 amide bonds. The van der Waals surface area contributed by atoms with Crippen LogP contribution in [0.15, 0.2) is 53.6 Å². The van der Waals surface area contributed by atoms with Crippen LogP contribution >= 0.6 is 12.2 Å². The van der Waals surface area contributed by atoms with Gasteiger partial charge in [0.1, 0.15) is 5.75 Å². The second kappa shape index (κ2) is 8.14. The Labute approximate surface area is 136 Å². The summed E-state index contributed by atoms with van der Waals surface area (Å²) in [5.74, 6) is 0.799. The fourth-order valence-corrected chi connectivity index (χ4v) is 2.09. The molecule has 0 heterocycles. The van der Waals surface area contributed by atoms with Gasteiger partial charge in [0.25, 0.3) is 0 Å². The van der Waals surface area contributed by atoms with Crippen molar-refractivity contribution >= 4 is 29.2 Å². The van der Waals surface area contributed by atoms with E-state index in [1.165, 1.54) is 5.56 Å². The second-order valence-corrected chi connectivity index (χ2v) is 5.07. The molecular weight excluding hydrogens is 294 g/mol. The van der Waals surface area contributed by atoms with Crippen molar-refractivity contribution < 1.29 is 4.74 Å². The number of nitrogens with one attached hydrogen (secondary N) is 2. The Morgan fingerprint density at radius 2 is 2.05 bits per heavy atom. The molecule has 0 saturated carbocycles. The molecule has 0 aliphatic carbocycles.